The van der Waals surface area contributed by atoms with E-state index in [9.17, 15) is 14.4 Å². The van der Waals surface area contributed by atoms with E-state index in [1.807, 2.05) is 0 Å². The molecule has 2 amide bonds. The first-order chi connectivity index (χ1) is 8.38. The largest absolute Gasteiger partial charge is 0.368 e. The van der Waals surface area contributed by atoms with E-state index in [0.717, 1.165) is 0 Å². The molecule has 0 aliphatic rings. The predicted molar refractivity (Wildman–Crippen MR) is 72.0 cm³/mol. The first-order valence-electron chi connectivity index (χ1n) is 5.75. The topological polar surface area (TPSA) is 115 Å². The smallest absolute Gasteiger partial charge is 0.240 e. The summed E-state index contributed by atoms with van der Waals surface area (Å²) in [4.78, 5) is 33.6. The van der Waals surface area contributed by atoms with Crippen LogP contribution in [-0.4, -0.2) is 41.7 Å². The Labute approximate surface area is 111 Å². The molecule has 0 unspecified atom stereocenters. The van der Waals surface area contributed by atoms with Crippen molar-refractivity contribution in [1.29, 1.82) is 0 Å². The van der Waals surface area contributed by atoms with E-state index in [2.05, 4.69) is 5.32 Å². The zero-order valence-electron chi connectivity index (χ0n) is 10.8. The first kappa shape index (κ1) is 16.9. The highest BCUT2D eigenvalue weighted by atomic mass is 32.2. The fourth-order valence-electron chi connectivity index (χ4n) is 1.22. The van der Waals surface area contributed by atoms with Gasteiger partial charge in [0.15, 0.2) is 0 Å². The number of nitrogens with one attached hydrogen (secondary N) is 1. The van der Waals surface area contributed by atoms with Crippen LogP contribution in [0.3, 0.4) is 0 Å². The molecule has 0 radical (unpaired) electrons. The summed E-state index contributed by atoms with van der Waals surface area (Å²) in [5.74, 6) is -0.125. The molecule has 0 spiro atoms. The van der Waals surface area contributed by atoms with Crippen LogP contribution >= 0.6 is 11.8 Å². The number of carbonyl (C=O) groups is 3. The van der Waals surface area contributed by atoms with Crippen molar-refractivity contribution < 1.29 is 14.4 Å². The van der Waals surface area contributed by atoms with Crippen LogP contribution < -0.4 is 16.8 Å². The molecule has 0 rings (SSSR count). The lowest BCUT2D eigenvalue weighted by molar-refractivity contribution is -0.129. The molecule has 0 bridgehead atoms. The molecule has 5 N–H and O–H groups in total. The molecule has 0 aromatic heterocycles. The van der Waals surface area contributed by atoms with Gasteiger partial charge in [-0.3, -0.25) is 14.4 Å². The number of ketones is 1. The molecular formula is C11H21N3O3S. The van der Waals surface area contributed by atoms with E-state index in [1.165, 1.54) is 18.7 Å². The SMILES string of the molecule is CC(=O)CSC[C@H](C)C(=O)N[C@@H](CCN)C(N)=O. The Bertz CT molecular complexity index is 310. The molecule has 0 saturated carbocycles. The molecule has 6 nitrogen and oxygen atoms in total. The zero-order chi connectivity index (χ0) is 14.1. The van der Waals surface area contributed by atoms with Crippen LogP contribution in [0.1, 0.15) is 20.3 Å². The van der Waals surface area contributed by atoms with Gasteiger partial charge < -0.3 is 16.8 Å². The highest BCUT2D eigenvalue weighted by Crippen LogP contribution is 2.09. The molecule has 0 aliphatic heterocycles. The highest BCUT2D eigenvalue weighted by molar-refractivity contribution is 7.99. The van der Waals surface area contributed by atoms with Crippen molar-refractivity contribution >= 4 is 29.4 Å². The fourth-order valence-corrected chi connectivity index (χ4v) is 2.13. The van der Waals surface area contributed by atoms with Crippen LogP contribution in [-0.2, 0) is 14.4 Å². The second-order valence-electron chi connectivity index (χ2n) is 4.16. The van der Waals surface area contributed by atoms with Gasteiger partial charge in [0, 0.05) is 11.7 Å². The number of primary amides is 1. The third kappa shape index (κ3) is 7.29. The Morgan fingerprint density at radius 1 is 1.33 bits per heavy atom. The van der Waals surface area contributed by atoms with E-state index < -0.39 is 11.9 Å². The normalized spacial score (nSPS) is 13.7. The van der Waals surface area contributed by atoms with E-state index in [-0.39, 0.29) is 24.2 Å². The van der Waals surface area contributed by atoms with Crippen LogP contribution in [0.15, 0.2) is 0 Å². The predicted octanol–water partition coefficient (Wildman–Crippen LogP) is -0.736. The van der Waals surface area contributed by atoms with Gasteiger partial charge in [-0.25, -0.2) is 0 Å². The summed E-state index contributed by atoms with van der Waals surface area (Å²) < 4.78 is 0. The molecule has 0 saturated heterocycles. The lowest BCUT2D eigenvalue weighted by atomic mass is 10.1. The van der Waals surface area contributed by atoms with Gasteiger partial charge in [-0.2, -0.15) is 11.8 Å². The van der Waals surface area contributed by atoms with Crippen molar-refractivity contribution in [2.45, 2.75) is 26.3 Å². The number of thioether (sulfide) groups is 1. The minimum atomic E-state index is -0.720. The van der Waals surface area contributed by atoms with Crippen LogP contribution in [0, 0.1) is 5.92 Å². The van der Waals surface area contributed by atoms with E-state index >= 15 is 0 Å². The Hall–Kier alpha value is -1.08. The van der Waals surface area contributed by atoms with Crippen LogP contribution in [0.4, 0.5) is 0 Å². The van der Waals surface area contributed by atoms with E-state index in [4.69, 9.17) is 11.5 Å². The second-order valence-corrected chi connectivity index (χ2v) is 5.19. The molecule has 0 aromatic carbocycles. The van der Waals surface area contributed by atoms with Crippen LogP contribution in [0.2, 0.25) is 0 Å². The molecule has 0 aliphatic carbocycles. The maximum Gasteiger partial charge on any atom is 0.240 e. The van der Waals surface area contributed by atoms with Crippen LogP contribution in [0.5, 0.6) is 0 Å². The molecule has 2 atom stereocenters. The van der Waals surface area contributed by atoms with Crippen molar-refractivity contribution in [2.75, 3.05) is 18.1 Å². The molecule has 0 fully saturated rings. The number of amides is 2. The Morgan fingerprint density at radius 2 is 1.94 bits per heavy atom. The summed E-state index contributed by atoms with van der Waals surface area (Å²) >= 11 is 1.40. The summed E-state index contributed by atoms with van der Waals surface area (Å²) in [5, 5.41) is 2.56. The van der Waals surface area contributed by atoms with E-state index in [1.54, 1.807) is 6.92 Å². The van der Waals surface area contributed by atoms with Gasteiger partial charge in [0.05, 0.1) is 5.75 Å². The quantitative estimate of drug-likeness (QED) is 0.513. The summed E-state index contributed by atoms with van der Waals surface area (Å²) in [6.45, 7) is 3.52. The molecule has 18 heavy (non-hydrogen) atoms. The molecule has 0 aromatic rings. The third-order valence-corrected chi connectivity index (χ3v) is 3.58. The number of hydrogen-bond acceptors (Lipinski definition) is 5. The van der Waals surface area contributed by atoms with Crippen molar-refractivity contribution in [3.8, 4) is 0 Å². The molecule has 0 heterocycles. The Balaban J connectivity index is 4.11. The van der Waals surface area contributed by atoms with Gasteiger partial charge in [-0.1, -0.05) is 6.92 Å². The van der Waals surface area contributed by atoms with Gasteiger partial charge in [-0.05, 0) is 19.9 Å². The Morgan fingerprint density at radius 3 is 2.39 bits per heavy atom. The lowest BCUT2D eigenvalue weighted by Crippen LogP contribution is -2.47. The maximum atomic E-state index is 11.8. The van der Waals surface area contributed by atoms with E-state index in [0.29, 0.717) is 17.9 Å². The van der Waals surface area contributed by atoms with Gasteiger partial charge in [0.1, 0.15) is 11.8 Å². The monoisotopic (exact) mass is 275 g/mol. The van der Waals surface area contributed by atoms with Gasteiger partial charge in [0.25, 0.3) is 0 Å². The second kappa shape index (κ2) is 8.93. The van der Waals surface area contributed by atoms with Gasteiger partial charge >= 0.3 is 0 Å². The minimum Gasteiger partial charge on any atom is -0.368 e. The minimum absolute atomic E-state index is 0.0748. The van der Waals surface area contributed by atoms with Crippen molar-refractivity contribution in [2.24, 2.45) is 17.4 Å². The highest BCUT2D eigenvalue weighted by Gasteiger charge is 2.20. The van der Waals surface area contributed by atoms with Gasteiger partial charge in [0.2, 0.25) is 11.8 Å². The summed E-state index contributed by atoms with van der Waals surface area (Å²) in [5.41, 5.74) is 10.5. The maximum absolute atomic E-state index is 11.8. The van der Waals surface area contributed by atoms with Crippen molar-refractivity contribution in [3.05, 3.63) is 0 Å². The average molecular weight is 275 g/mol. The van der Waals surface area contributed by atoms with Crippen molar-refractivity contribution in [1.82, 2.24) is 5.32 Å². The molecule has 104 valence electrons. The lowest BCUT2D eigenvalue weighted by Gasteiger charge is -2.17. The first-order valence-corrected chi connectivity index (χ1v) is 6.90. The number of rotatable bonds is 9. The standard InChI is InChI=1S/C11H21N3O3S/c1-7(5-18-6-8(2)15)11(17)14-9(3-4-12)10(13)16/h7,9H,3-6,12H2,1-2H3,(H2,13,16)(H,14,17)/t7-,9-/m0/s1. The number of carbonyl (C=O) groups excluding carboxylic acids is 3. The zero-order valence-corrected chi connectivity index (χ0v) is 11.6. The summed E-state index contributed by atoms with van der Waals surface area (Å²) in [6.07, 6.45) is 0.328. The molecular weight excluding hydrogens is 254 g/mol. The van der Waals surface area contributed by atoms with Crippen molar-refractivity contribution in [3.63, 3.8) is 0 Å². The Kier molecular flexibility index (Phi) is 8.40. The van der Waals surface area contributed by atoms with Gasteiger partial charge in [-0.15, -0.1) is 0 Å². The summed E-state index contributed by atoms with van der Waals surface area (Å²) in [6, 6.07) is -0.720. The number of nitrogens with two attached hydrogens (primary N) is 2. The number of Topliss-reactive ketones (excluding diaryl/α,β-unsaturated/α-hetero) is 1. The number of hydrogen-bond donors (Lipinski definition) is 3. The summed E-state index contributed by atoms with van der Waals surface area (Å²) in [7, 11) is 0. The van der Waals surface area contributed by atoms with Crippen LogP contribution in [0.25, 0.3) is 0 Å². The third-order valence-electron chi connectivity index (χ3n) is 2.24. The molecule has 7 heteroatoms. The fraction of sp³-hybridized carbons (Fsp3) is 0.727. The average Bonchev–Trinajstić information content (AvgIpc) is 2.27.